The Morgan fingerprint density at radius 2 is 2.40 bits per heavy atom. The van der Waals surface area contributed by atoms with Crippen LogP contribution in [0.15, 0.2) is 12.5 Å². The normalized spacial score (nSPS) is 22.2. The van der Waals surface area contributed by atoms with E-state index in [-0.39, 0.29) is 5.54 Å². The average molecular weight is 209 g/mol. The van der Waals surface area contributed by atoms with Crippen molar-refractivity contribution in [3.8, 4) is 0 Å². The second kappa shape index (κ2) is 3.94. The van der Waals surface area contributed by atoms with Crippen LogP contribution in [0.4, 0.5) is 0 Å². The summed E-state index contributed by atoms with van der Waals surface area (Å²) < 4.78 is 7.65. The van der Waals surface area contributed by atoms with Gasteiger partial charge in [-0.05, 0) is 27.3 Å². The van der Waals surface area contributed by atoms with Gasteiger partial charge in [0.1, 0.15) is 0 Å². The van der Waals surface area contributed by atoms with E-state index in [0.717, 1.165) is 19.6 Å². The molecule has 1 fully saturated rings. The van der Waals surface area contributed by atoms with Gasteiger partial charge in [0.15, 0.2) is 0 Å². The van der Waals surface area contributed by atoms with Gasteiger partial charge in [-0.1, -0.05) is 0 Å². The number of hydrogen-bond donors (Lipinski definition) is 1. The van der Waals surface area contributed by atoms with Crippen LogP contribution < -0.4 is 5.32 Å². The maximum absolute atomic E-state index is 5.41. The van der Waals surface area contributed by atoms with Gasteiger partial charge in [0, 0.05) is 6.61 Å². The smallest absolute Gasteiger partial charge is 0.0952 e. The van der Waals surface area contributed by atoms with Crippen LogP contribution in [0.25, 0.3) is 0 Å². The molecule has 1 saturated heterocycles. The van der Waals surface area contributed by atoms with Crippen LogP contribution in [0.1, 0.15) is 32.0 Å². The largest absolute Gasteiger partial charge is 0.379 e. The summed E-state index contributed by atoms with van der Waals surface area (Å²) in [6.45, 7) is 6.00. The Hall–Kier alpha value is -0.870. The lowest BCUT2D eigenvalue weighted by Crippen LogP contribution is -2.36. The maximum atomic E-state index is 5.41. The molecule has 0 radical (unpaired) electrons. The third-order valence-corrected chi connectivity index (χ3v) is 3.23. The van der Waals surface area contributed by atoms with Crippen molar-refractivity contribution < 1.29 is 4.74 Å². The molecule has 4 nitrogen and oxygen atoms in total. The van der Waals surface area contributed by atoms with Crippen LogP contribution >= 0.6 is 0 Å². The predicted molar refractivity (Wildman–Crippen MR) is 58.8 cm³/mol. The van der Waals surface area contributed by atoms with Crippen molar-refractivity contribution in [3.63, 3.8) is 0 Å². The van der Waals surface area contributed by atoms with Gasteiger partial charge in [-0.15, -0.1) is 0 Å². The zero-order valence-corrected chi connectivity index (χ0v) is 9.66. The molecular weight excluding hydrogens is 190 g/mol. The molecule has 4 heteroatoms. The zero-order valence-electron chi connectivity index (χ0n) is 9.66. The van der Waals surface area contributed by atoms with E-state index in [1.54, 1.807) is 0 Å². The summed E-state index contributed by atoms with van der Waals surface area (Å²) >= 11 is 0. The second-order valence-corrected chi connectivity index (χ2v) is 4.58. The van der Waals surface area contributed by atoms with E-state index in [4.69, 9.17) is 4.74 Å². The number of rotatable bonds is 3. The Bertz CT molecular complexity index is 326. The van der Waals surface area contributed by atoms with Crippen LogP contribution in [0.3, 0.4) is 0 Å². The first-order valence-electron chi connectivity index (χ1n) is 5.44. The van der Waals surface area contributed by atoms with Gasteiger partial charge in [-0.2, -0.15) is 0 Å². The Morgan fingerprint density at radius 1 is 1.60 bits per heavy atom. The molecule has 1 aromatic heterocycles. The van der Waals surface area contributed by atoms with Crippen LogP contribution in [-0.2, 0) is 10.3 Å². The van der Waals surface area contributed by atoms with Crippen molar-refractivity contribution >= 4 is 0 Å². The highest BCUT2D eigenvalue weighted by molar-refractivity contribution is 5.12. The molecule has 0 spiro atoms. The van der Waals surface area contributed by atoms with Gasteiger partial charge in [0.25, 0.3) is 0 Å². The predicted octanol–water partition coefficient (Wildman–Crippen LogP) is 1.30. The van der Waals surface area contributed by atoms with E-state index < -0.39 is 0 Å². The van der Waals surface area contributed by atoms with Crippen molar-refractivity contribution in [2.45, 2.75) is 31.8 Å². The highest BCUT2D eigenvalue weighted by atomic mass is 16.5. The summed E-state index contributed by atoms with van der Waals surface area (Å²) in [5.41, 5.74) is 1.18. The van der Waals surface area contributed by atoms with Crippen molar-refractivity contribution in [2.75, 3.05) is 20.3 Å². The van der Waals surface area contributed by atoms with Crippen LogP contribution in [0, 0.1) is 0 Å². The summed E-state index contributed by atoms with van der Waals surface area (Å²) in [5, 5.41) is 3.31. The molecule has 84 valence electrons. The highest BCUT2D eigenvalue weighted by Gasteiger charge is 2.27. The van der Waals surface area contributed by atoms with Gasteiger partial charge < -0.3 is 14.6 Å². The van der Waals surface area contributed by atoms with E-state index in [0.29, 0.717) is 6.04 Å². The number of aromatic nitrogens is 2. The Morgan fingerprint density at radius 3 is 3.00 bits per heavy atom. The van der Waals surface area contributed by atoms with Gasteiger partial charge in [0.2, 0.25) is 0 Å². The molecule has 2 rings (SSSR count). The molecule has 15 heavy (non-hydrogen) atoms. The summed E-state index contributed by atoms with van der Waals surface area (Å²) in [7, 11) is 1.97. The molecule has 0 aliphatic carbocycles. The third kappa shape index (κ3) is 1.92. The zero-order chi connectivity index (χ0) is 10.9. The number of hydrogen-bond acceptors (Lipinski definition) is 3. The molecule has 1 N–H and O–H groups in total. The Labute approximate surface area is 90.6 Å². The molecule has 0 amide bonds. The minimum Gasteiger partial charge on any atom is -0.379 e. The molecule has 2 heterocycles. The standard InChI is InChI=1S/C11H19N3O/c1-11(2,12-3)10-6-13-8-14(10)9-4-5-15-7-9/h6,8-9,12H,4-5,7H2,1-3H3. The van der Waals surface area contributed by atoms with Crippen molar-refractivity contribution in [1.29, 1.82) is 0 Å². The third-order valence-electron chi connectivity index (χ3n) is 3.23. The lowest BCUT2D eigenvalue weighted by atomic mass is 10.0. The van der Waals surface area contributed by atoms with Gasteiger partial charge in [-0.3, -0.25) is 0 Å². The first-order chi connectivity index (χ1) is 7.15. The lowest BCUT2D eigenvalue weighted by Gasteiger charge is -2.27. The summed E-state index contributed by atoms with van der Waals surface area (Å²) in [6.07, 6.45) is 4.94. The molecule has 1 atom stereocenters. The molecule has 1 aliphatic heterocycles. The Balaban J connectivity index is 2.28. The monoisotopic (exact) mass is 209 g/mol. The summed E-state index contributed by atoms with van der Waals surface area (Å²) in [4.78, 5) is 4.25. The van der Waals surface area contributed by atoms with E-state index >= 15 is 0 Å². The van der Waals surface area contributed by atoms with E-state index in [2.05, 4.69) is 28.7 Å². The van der Waals surface area contributed by atoms with Crippen molar-refractivity contribution in [3.05, 3.63) is 18.2 Å². The number of ether oxygens (including phenoxy) is 1. The fraction of sp³-hybridized carbons (Fsp3) is 0.727. The van der Waals surface area contributed by atoms with Crippen LogP contribution in [0.2, 0.25) is 0 Å². The first kappa shape index (κ1) is 10.6. The van der Waals surface area contributed by atoms with Crippen molar-refractivity contribution in [2.24, 2.45) is 0 Å². The molecule has 0 aromatic carbocycles. The summed E-state index contributed by atoms with van der Waals surface area (Å²) in [5.74, 6) is 0. The fourth-order valence-corrected chi connectivity index (χ4v) is 1.95. The number of nitrogens with one attached hydrogen (secondary N) is 1. The van der Waals surface area contributed by atoms with E-state index in [1.807, 2.05) is 19.6 Å². The SMILES string of the molecule is CNC(C)(C)c1cncn1C1CCOC1. The maximum Gasteiger partial charge on any atom is 0.0952 e. The Kier molecular flexibility index (Phi) is 2.80. The molecule has 1 aromatic rings. The van der Waals surface area contributed by atoms with Crippen LogP contribution in [0.5, 0.6) is 0 Å². The molecule has 1 unspecified atom stereocenters. The molecule has 0 saturated carbocycles. The quantitative estimate of drug-likeness (QED) is 0.815. The van der Waals surface area contributed by atoms with Crippen molar-refractivity contribution in [1.82, 2.24) is 14.9 Å². The first-order valence-corrected chi connectivity index (χ1v) is 5.44. The number of nitrogens with zero attached hydrogens (tertiary/aromatic N) is 2. The lowest BCUT2D eigenvalue weighted by molar-refractivity contribution is 0.185. The van der Waals surface area contributed by atoms with Crippen LogP contribution in [-0.4, -0.2) is 29.8 Å². The van der Waals surface area contributed by atoms with E-state index in [1.165, 1.54) is 5.69 Å². The molecule has 1 aliphatic rings. The van der Waals surface area contributed by atoms with Gasteiger partial charge in [-0.25, -0.2) is 4.98 Å². The topological polar surface area (TPSA) is 39.1 Å². The highest BCUT2D eigenvalue weighted by Crippen LogP contribution is 2.26. The minimum atomic E-state index is -0.0426. The fourth-order valence-electron chi connectivity index (χ4n) is 1.95. The second-order valence-electron chi connectivity index (χ2n) is 4.58. The van der Waals surface area contributed by atoms with Gasteiger partial charge in [0.05, 0.1) is 36.4 Å². The molecule has 0 bridgehead atoms. The van der Waals surface area contributed by atoms with E-state index in [9.17, 15) is 0 Å². The molecular formula is C11H19N3O. The minimum absolute atomic E-state index is 0.0426. The average Bonchev–Trinajstić information content (AvgIpc) is 2.87. The number of imidazole rings is 1. The summed E-state index contributed by atoms with van der Waals surface area (Å²) in [6, 6.07) is 0.454. The van der Waals surface area contributed by atoms with Gasteiger partial charge >= 0.3 is 0 Å².